The van der Waals surface area contributed by atoms with Gasteiger partial charge in [-0.15, -0.1) is 0 Å². The van der Waals surface area contributed by atoms with Gasteiger partial charge in [-0.05, 0) is 156 Å². The van der Waals surface area contributed by atoms with Gasteiger partial charge in [-0.2, -0.15) is 8.42 Å². The second-order valence-electron chi connectivity index (χ2n) is 21.8. The van der Waals surface area contributed by atoms with Crippen molar-refractivity contribution in [3.05, 3.63) is 0 Å². The lowest BCUT2D eigenvalue weighted by Crippen LogP contribution is -2.62. The standard InChI is InChI=1S/C38H95N3O19SSi10/c1-39-36(42)48-31-27-35-62(2,3)52-64(6,7)54-66(10,11)56-68(14,15)58-70(18,19)60-71(20,21)59-69(16,17)57-67(12,13)55-65(8,9)53-63(4,5)51-32-26-30-49-37(43)40-28-24-22-23-25-29-41-38(44)50-33-34-61(45,46)47/h22-35H2,1-21H3,(H,39,42)(H,40,43)(H,41,44)(H,45,46,47). The van der Waals surface area contributed by atoms with E-state index < -0.39 is 126 Å². The molecule has 0 heterocycles. The Morgan fingerprint density at radius 1 is 0.394 bits per heavy atom. The van der Waals surface area contributed by atoms with Crippen LogP contribution in [0.1, 0.15) is 38.5 Å². The number of carbonyl (C=O) groups excluding carboxylic acids is 3. The van der Waals surface area contributed by atoms with Crippen molar-refractivity contribution < 1.29 is 83.0 Å². The highest BCUT2D eigenvalue weighted by Crippen LogP contribution is 2.31. The molecule has 3 amide bonds. The minimum atomic E-state index is -4.18. The van der Waals surface area contributed by atoms with Crippen molar-refractivity contribution in [3.63, 3.8) is 0 Å². The van der Waals surface area contributed by atoms with Gasteiger partial charge < -0.3 is 71.6 Å². The quantitative estimate of drug-likeness (QED) is 0.0196. The summed E-state index contributed by atoms with van der Waals surface area (Å²) in [5, 5.41) is 7.70. The Labute approximate surface area is 438 Å². The summed E-state index contributed by atoms with van der Waals surface area (Å²) in [6.45, 7) is 41.8. The predicted molar refractivity (Wildman–Crippen MR) is 299 cm³/mol. The Hall–Kier alpha value is -0.511. The van der Waals surface area contributed by atoms with Crippen molar-refractivity contribution in [2.45, 2.75) is 176 Å². The summed E-state index contributed by atoms with van der Waals surface area (Å²) in [6, 6.07) is 0.828. The van der Waals surface area contributed by atoms with E-state index in [9.17, 15) is 22.8 Å². The first-order valence-electron chi connectivity index (χ1n) is 24.4. The van der Waals surface area contributed by atoms with Crippen LogP contribution < -0.4 is 16.0 Å². The second-order valence-corrected chi connectivity index (χ2v) is 60.2. The van der Waals surface area contributed by atoms with E-state index >= 15 is 0 Å². The second kappa shape index (κ2) is 29.9. The van der Waals surface area contributed by atoms with Gasteiger partial charge in [0.15, 0.2) is 8.32 Å². The van der Waals surface area contributed by atoms with Crippen LogP contribution >= 0.6 is 0 Å². The molecule has 0 fully saturated rings. The number of rotatable bonds is 37. The number of ether oxygens (including phenoxy) is 3. The summed E-state index contributed by atoms with van der Waals surface area (Å²) in [7, 11) is -29.6. The normalized spacial score (nSPS) is 14.0. The van der Waals surface area contributed by atoms with Crippen molar-refractivity contribution in [2.75, 3.05) is 52.3 Å². The summed E-state index contributed by atoms with van der Waals surface area (Å²) in [5.41, 5.74) is 0. The van der Waals surface area contributed by atoms with E-state index in [2.05, 4.69) is 46.9 Å². The number of alkyl carbamates (subject to hydrolysis) is 3. The molecule has 422 valence electrons. The van der Waals surface area contributed by atoms with Gasteiger partial charge in [0, 0.05) is 33.2 Å². The van der Waals surface area contributed by atoms with Crippen LogP contribution in [-0.2, 0) is 65.8 Å². The lowest BCUT2D eigenvalue weighted by Gasteiger charge is -2.44. The van der Waals surface area contributed by atoms with Gasteiger partial charge in [0.05, 0.1) is 13.2 Å². The zero-order valence-corrected chi connectivity index (χ0v) is 57.9. The molecule has 71 heavy (non-hydrogen) atoms. The molecule has 0 saturated carbocycles. The average Bonchev–Trinajstić information content (AvgIpc) is 3.08. The maximum Gasteiger partial charge on any atom is 0.407 e. The van der Waals surface area contributed by atoms with Crippen LogP contribution in [0.5, 0.6) is 0 Å². The van der Waals surface area contributed by atoms with E-state index in [4.69, 9.17) is 55.5 Å². The number of hydrogen-bond donors (Lipinski definition) is 4. The Balaban J connectivity index is 4.93. The van der Waals surface area contributed by atoms with E-state index in [0.717, 1.165) is 31.7 Å². The van der Waals surface area contributed by atoms with E-state index in [0.29, 0.717) is 39.1 Å². The highest BCUT2D eigenvalue weighted by molar-refractivity contribution is 7.85. The fourth-order valence-electron chi connectivity index (χ4n) is 8.25. The van der Waals surface area contributed by atoms with Crippen LogP contribution in [-0.4, -0.2) is 169 Å². The molecule has 0 unspecified atom stereocenters. The summed E-state index contributed by atoms with van der Waals surface area (Å²) < 4.78 is 112. The molecule has 0 rings (SSSR count). The average molecular weight is 1210 g/mol. The third-order valence-electron chi connectivity index (χ3n) is 9.00. The van der Waals surface area contributed by atoms with Gasteiger partial charge in [-0.25, -0.2) is 14.4 Å². The maximum absolute atomic E-state index is 12.2. The SMILES string of the molecule is CNC(=O)OCCC[Si](C)(C)O[Si](C)(C)O[Si](C)(C)O[Si](C)(C)O[Si](C)(C)O[Si](C)(C)O[Si](C)(C)O[Si](C)(C)O[Si](C)(C)O[Si](C)(C)OCCCOC(=O)NCCCCCCNC(=O)OCCS(=O)(=O)O. The van der Waals surface area contributed by atoms with Crippen molar-refractivity contribution in [1.29, 1.82) is 0 Å². The van der Waals surface area contributed by atoms with Gasteiger partial charge in [0.2, 0.25) is 0 Å². The number of carbonyl (C=O) groups is 3. The largest absolute Gasteiger partial charge is 0.450 e. The van der Waals surface area contributed by atoms with E-state index in [-0.39, 0.29) is 6.61 Å². The minimum absolute atomic E-state index is 0.183. The molecule has 0 aromatic rings. The zero-order chi connectivity index (χ0) is 55.4. The topological polar surface area (TPSA) is 262 Å². The zero-order valence-electron chi connectivity index (χ0n) is 47.1. The minimum Gasteiger partial charge on any atom is -0.450 e. The Morgan fingerprint density at radius 3 is 1.06 bits per heavy atom. The molecule has 22 nitrogen and oxygen atoms in total. The Kier molecular flexibility index (Phi) is 29.6. The van der Waals surface area contributed by atoms with Crippen LogP contribution in [0.2, 0.25) is 137 Å². The summed E-state index contributed by atoms with van der Waals surface area (Å²) in [5.74, 6) is -0.654. The van der Waals surface area contributed by atoms with Crippen LogP contribution in [0.4, 0.5) is 14.4 Å². The number of amides is 3. The molecule has 0 bridgehead atoms. The fraction of sp³-hybridized carbons (Fsp3) is 0.921. The molecule has 0 spiro atoms. The fourth-order valence-corrected chi connectivity index (χ4v) is 58.4. The van der Waals surface area contributed by atoms with Gasteiger partial charge in [-0.3, -0.25) is 4.55 Å². The van der Waals surface area contributed by atoms with Crippen LogP contribution in [0.3, 0.4) is 0 Å². The highest BCUT2D eigenvalue weighted by atomic mass is 32.2. The third kappa shape index (κ3) is 38.7. The monoisotopic (exact) mass is 1210 g/mol. The molecular formula is C38H95N3O19SSi10. The third-order valence-corrected chi connectivity index (χ3v) is 47.8. The van der Waals surface area contributed by atoms with Crippen LogP contribution in [0.15, 0.2) is 0 Å². The molecule has 0 saturated heterocycles. The summed E-state index contributed by atoms with van der Waals surface area (Å²) >= 11 is 0. The molecule has 0 aliphatic carbocycles. The van der Waals surface area contributed by atoms with Crippen LogP contribution in [0, 0.1) is 0 Å². The molecule has 4 N–H and O–H groups in total. The Bertz CT molecular complexity index is 1750. The van der Waals surface area contributed by atoms with Gasteiger partial charge >= 0.3 is 95.3 Å². The van der Waals surface area contributed by atoms with Crippen molar-refractivity contribution in [3.8, 4) is 0 Å². The smallest absolute Gasteiger partial charge is 0.407 e. The van der Waals surface area contributed by atoms with Gasteiger partial charge in [0.25, 0.3) is 10.1 Å². The molecule has 0 aliphatic heterocycles. The van der Waals surface area contributed by atoms with E-state index in [1.165, 1.54) is 0 Å². The molecule has 0 aromatic carbocycles. The van der Waals surface area contributed by atoms with Gasteiger partial charge in [0.1, 0.15) is 12.4 Å². The predicted octanol–water partition coefficient (Wildman–Crippen LogP) is 8.71. The summed E-state index contributed by atoms with van der Waals surface area (Å²) in [4.78, 5) is 35.1. The van der Waals surface area contributed by atoms with Crippen molar-refractivity contribution >= 4 is 114 Å². The highest BCUT2D eigenvalue weighted by Gasteiger charge is 2.50. The first-order chi connectivity index (χ1) is 31.8. The lowest BCUT2D eigenvalue weighted by molar-refractivity contribution is 0.133. The van der Waals surface area contributed by atoms with Gasteiger partial charge in [-0.1, -0.05) is 12.8 Å². The Morgan fingerprint density at radius 2 is 0.704 bits per heavy atom. The number of nitrogens with one attached hydrogen (secondary N) is 3. The first kappa shape index (κ1) is 70.5. The van der Waals surface area contributed by atoms with E-state index in [1.807, 2.05) is 105 Å². The molecular weight excluding hydrogens is 1120 g/mol. The molecule has 0 aliphatic rings. The molecule has 0 aromatic heterocycles. The molecule has 33 heteroatoms. The van der Waals surface area contributed by atoms with Crippen molar-refractivity contribution in [1.82, 2.24) is 16.0 Å². The van der Waals surface area contributed by atoms with E-state index in [1.54, 1.807) is 7.05 Å². The first-order valence-corrected chi connectivity index (χ1v) is 54.4. The number of hydrogen-bond acceptors (Lipinski definition) is 18. The molecule has 0 atom stereocenters. The van der Waals surface area contributed by atoms with Crippen molar-refractivity contribution in [2.24, 2.45) is 0 Å². The number of unbranched alkanes of at least 4 members (excludes halogenated alkanes) is 3. The summed E-state index contributed by atoms with van der Waals surface area (Å²) in [6.07, 6.45) is 2.54. The maximum atomic E-state index is 12.2. The van der Waals surface area contributed by atoms with Crippen LogP contribution in [0.25, 0.3) is 0 Å². The lowest BCUT2D eigenvalue weighted by atomic mass is 10.2. The molecule has 0 radical (unpaired) electrons.